The zero-order valence-electron chi connectivity index (χ0n) is 16.4. The van der Waals surface area contributed by atoms with Crippen LogP contribution in [-0.2, 0) is 9.59 Å². The van der Waals surface area contributed by atoms with Gasteiger partial charge in [-0.2, -0.15) is 4.98 Å². The number of imide groups is 1. The van der Waals surface area contributed by atoms with E-state index in [1.807, 2.05) is 0 Å². The van der Waals surface area contributed by atoms with Gasteiger partial charge in [-0.25, -0.2) is 14.9 Å². The summed E-state index contributed by atoms with van der Waals surface area (Å²) in [5.74, 6) is -1.70. The van der Waals surface area contributed by atoms with Crippen LogP contribution in [0.15, 0.2) is 49.2 Å². The van der Waals surface area contributed by atoms with E-state index < -0.39 is 23.7 Å². The van der Waals surface area contributed by atoms with E-state index in [2.05, 4.69) is 15.0 Å². The maximum Gasteiger partial charge on any atom is 0.270 e. The van der Waals surface area contributed by atoms with Crippen molar-refractivity contribution in [1.29, 1.82) is 0 Å². The largest absolute Gasteiger partial charge is 0.493 e. The summed E-state index contributed by atoms with van der Waals surface area (Å²) in [6, 6.07) is 5.50. The molecule has 1 atom stereocenters. The van der Waals surface area contributed by atoms with E-state index in [0.29, 0.717) is 11.3 Å². The molecule has 0 spiro atoms. The number of nitrogens with zero attached hydrogens (tertiary/aromatic N) is 5. The molecule has 0 radical (unpaired) electrons. The highest BCUT2D eigenvalue weighted by Crippen LogP contribution is 2.24. The molecule has 30 heavy (non-hydrogen) atoms. The van der Waals surface area contributed by atoms with Crippen molar-refractivity contribution in [3.8, 4) is 17.3 Å². The number of carbonyl (C=O) groups is 3. The fourth-order valence-electron chi connectivity index (χ4n) is 2.70. The summed E-state index contributed by atoms with van der Waals surface area (Å²) in [4.78, 5) is 49.8. The van der Waals surface area contributed by atoms with Crippen molar-refractivity contribution in [1.82, 2.24) is 19.5 Å². The fraction of sp³-hybridized carbons (Fsp3) is 0.200. The quantitative estimate of drug-likeness (QED) is 0.644. The number of carbonyl (C=O) groups excluding carboxylic acids is 3. The van der Waals surface area contributed by atoms with Crippen molar-refractivity contribution in [2.45, 2.75) is 26.3 Å². The van der Waals surface area contributed by atoms with Gasteiger partial charge in [0.2, 0.25) is 17.7 Å². The topological polar surface area (TPSA) is 144 Å². The lowest BCUT2D eigenvalue weighted by atomic mass is 10.1. The van der Waals surface area contributed by atoms with Gasteiger partial charge in [0.25, 0.3) is 5.91 Å². The molecule has 0 aliphatic carbocycles. The number of amides is 2. The normalized spacial score (nSPS) is 11.7. The fourth-order valence-corrected chi connectivity index (χ4v) is 2.70. The Kier molecular flexibility index (Phi) is 5.98. The van der Waals surface area contributed by atoms with Gasteiger partial charge in [-0.3, -0.25) is 19.0 Å². The van der Waals surface area contributed by atoms with E-state index >= 15 is 0 Å². The third-order valence-electron chi connectivity index (χ3n) is 4.28. The number of rotatable bonds is 5. The Balaban J connectivity index is 1.89. The predicted octanol–water partition coefficient (Wildman–Crippen LogP) is 1.35. The van der Waals surface area contributed by atoms with E-state index in [-0.39, 0.29) is 23.7 Å². The Morgan fingerprint density at radius 3 is 2.47 bits per heavy atom. The van der Waals surface area contributed by atoms with Crippen molar-refractivity contribution in [2.24, 2.45) is 5.73 Å². The van der Waals surface area contributed by atoms with E-state index in [1.165, 1.54) is 36.4 Å². The molecule has 0 aliphatic rings. The molecule has 0 saturated carbocycles. The number of benzene rings is 1. The third kappa shape index (κ3) is 4.08. The van der Waals surface area contributed by atoms with Crippen LogP contribution >= 0.6 is 0 Å². The molecule has 3 rings (SSSR count). The van der Waals surface area contributed by atoms with Crippen molar-refractivity contribution < 1.29 is 19.5 Å². The molecule has 2 amide bonds. The van der Waals surface area contributed by atoms with Gasteiger partial charge in [-0.15, -0.1) is 0 Å². The molecular weight excluding hydrogens is 388 g/mol. The number of nitrogens with two attached hydrogens (primary N) is 1. The van der Waals surface area contributed by atoms with Crippen LogP contribution in [0.2, 0.25) is 0 Å². The van der Waals surface area contributed by atoms with E-state index in [9.17, 15) is 19.5 Å². The van der Waals surface area contributed by atoms with Gasteiger partial charge < -0.3 is 10.8 Å². The Hall–Kier alpha value is -3.92. The molecule has 2 heterocycles. The van der Waals surface area contributed by atoms with Gasteiger partial charge in [0, 0.05) is 30.6 Å². The summed E-state index contributed by atoms with van der Waals surface area (Å²) in [5.41, 5.74) is 6.47. The molecule has 154 valence electrons. The highest BCUT2D eigenvalue weighted by Gasteiger charge is 2.25. The van der Waals surface area contributed by atoms with Crippen molar-refractivity contribution in [2.75, 3.05) is 4.90 Å². The Morgan fingerprint density at radius 2 is 1.93 bits per heavy atom. The zero-order chi connectivity index (χ0) is 21.8. The average Bonchev–Trinajstić information content (AvgIpc) is 3.28. The minimum absolute atomic E-state index is 0.0735. The third-order valence-corrected chi connectivity index (χ3v) is 4.28. The maximum atomic E-state index is 12.3. The standard InChI is InChI=1S/C20H20N6O4/c1-3-16(27)26(19(29)12(2)21)14-6-4-13(5-7-14)17-23-10-15(18(28)24-17)20(30)25-9-8-22-11-25/h4-12H,3,21H2,1-2H3,(H,23,24,28)/t12-/m0/s1. The zero-order valence-corrected chi connectivity index (χ0v) is 16.4. The van der Waals surface area contributed by atoms with Crippen LogP contribution in [0.5, 0.6) is 5.88 Å². The molecule has 0 unspecified atom stereocenters. The second kappa shape index (κ2) is 8.62. The van der Waals surface area contributed by atoms with Gasteiger partial charge >= 0.3 is 0 Å². The van der Waals surface area contributed by atoms with Crippen LogP contribution in [0.3, 0.4) is 0 Å². The number of aromatic nitrogens is 4. The van der Waals surface area contributed by atoms with Crippen LogP contribution in [0.1, 0.15) is 30.6 Å². The summed E-state index contributed by atoms with van der Waals surface area (Å²) in [7, 11) is 0. The molecular formula is C20H20N6O4. The molecule has 3 N–H and O–H groups in total. The smallest absolute Gasteiger partial charge is 0.270 e. The van der Waals surface area contributed by atoms with Gasteiger partial charge in [0.15, 0.2) is 5.82 Å². The highest BCUT2D eigenvalue weighted by molar-refractivity contribution is 6.16. The maximum absolute atomic E-state index is 12.3. The molecule has 10 nitrogen and oxygen atoms in total. The summed E-state index contributed by atoms with van der Waals surface area (Å²) in [5, 5.41) is 10.2. The first-order valence-electron chi connectivity index (χ1n) is 9.15. The Morgan fingerprint density at radius 1 is 1.23 bits per heavy atom. The molecule has 2 aromatic heterocycles. The second-order valence-corrected chi connectivity index (χ2v) is 6.46. The SMILES string of the molecule is CCC(=O)N(C(=O)[C@H](C)N)c1ccc(-c2ncc(C(=O)n3ccnc3)c(O)n2)cc1. The molecule has 0 aliphatic heterocycles. The summed E-state index contributed by atoms with van der Waals surface area (Å²) >= 11 is 0. The number of anilines is 1. The monoisotopic (exact) mass is 408 g/mol. The highest BCUT2D eigenvalue weighted by atomic mass is 16.3. The number of imidazole rings is 1. The Labute approximate surface area is 172 Å². The first-order valence-corrected chi connectivity index (χ1v) is 9.15. The van der Waals surface area contributed by atoms with Gasteiger partial charge in [-0.1, -0.05) is 6.92 Å². The van der Waals surface area contributed by atoms with Crippen LogP contribution in [0.25, 0.3) is 11.4 Å². The average molecular weight is 408 g/mol. The minimum atomic E-state index is -0.832. The van der Waals surface area contributed by atoms with E-state index in [1.54, 1.807) is 31.2 Å². The predicted molar refractivity (Wildman–Crippen MR) is 108 cm³/mol. The molecule has 0 saturated heterocycles. The number of hydrogen-bond acceptors (Lipinski definition) is 8. The number of hydrogen-bond donors (Lipinski definition) is 2. The van der Waals surface area contributed by atoms with Gasteiger partial charge in [-0.05, 0) is 31.2 Å². The van der Waals surface area contributed by atoms with Crippen molar-refractivity contribution >= 4 is 23.4 Å². The van der Waals surface area contributed by atoms with Crippen molar-refractivity contribution in [3.05, 3.63) is 54.7 Å². The second-order valence-electron chi connectivity index (χ2n) is 6.46. The van der Waals surface area contributed by atoms with Crippen LogP contribution < -0.4 is 10.6 Å². The Bertz CT molecular complexity index is 1080. The molecule has 3 aromatic rings. The molecule has 0 fully saturated rings. The number of aromatic hydroxyl groups is 1. The van der Waals surface area contributed by atoms with Crippen LogP contribution in [0, 0.1) is 0 Å². The first kappa shape index (κ1) is 20.8. The summed E-state index contributed by atoms with van der Waals surface area (Å²) < 4.78 is 1.20. The van der Waals surface area contributed by atoms with E-state index in [4.69, 9.17) is 5.73 Å². The van der Waals surface area contributed by atoms with Crippen LogP contribution in [-0.4, -0.2) is 48.4 Å². The molecule has 1 aromatic carbocycles. The van der Waals surface area contributed by atoms with Crippen LogP contribution in [0.4, 0.5) is 5.69 Å². The molecule has 10 heteroatoms. The van der Waals surface area contributed by atoms with E-state index in [0.717, 1.165) is 4.90 Å². The van der Waals surface area contributed by atoms with Gasteiger partial charge in [0.05, 0.1) is 11.7 Å². The molecule has 0 bridgehead atoms. The lowest BCUT2D eigenvalue weighted by Gasteiger charge is -2.22. The van der Waals surface area contributed by atoms with Gasteiger partial charge in [0.1, 0.15) is 11.9 Å². The van der Waals surface area contributed by atoms with Crippen molar-refractivity contribution in [3.63, 3.8) is 0 Å². The summed E-state index contributed by atoms with van der Waals surface area (Å²) in [6.45, 7) is 3.16. The minimum Gasteiger partial charge on any atom is -0.493 e. The lowest BCUT2D eigenvalue weighted by Crippen LogP contribution is -2.45. The summed E-state index contributed by atoms with van der Waals surface area (Å²) in [6.07, 6.45) is 5.56. The first-order chi connectivity index (χ1) is 14.3. The lowest BCUT2D eigenvalue weighted by molar-refractivity contribution is -0.126.